The monoisotopic (exact) mass is 292 g/mol. The molecular weight excluding hydrogens is 276 g/mol. The summed E-state index contributed by atoms with van der Waals surface area (Å²) in [5, 5.41) is 21.9. The molecule has 0 aliphatic rings. The van der Waals surface area contributed by atoms with Gasteiger partial charge in [-0.3, -0.25) is 4.79 Å². The van der Waals surface area contributed by atoms with Gasteiger partial charge in [-0.1, -0.05) is 41.9 Å². The number of halogens is 1. The Hall–Kier alpha value is -1.58. The zero-order valence-electron chi connectivity index (χ0n) is 11.4. The van der Waals surface area contributed by atoms with Crippen molar-refractivity contribution in [1.82, 2.24) is 0 Å². The first-order valence-corrected chi connectivity index (χ1v) is 6.79. The highest BCUT2D eigenvalue weighted by Gasteiger charge is 2.31. The van der Waals surface area contributed by atoms with Gasteiger partial charge in [-0.25, -0.2) is 0 Å². The molecule has 2 rings (SSSR count). The Balaban J connectivity index is 2.43. The largest absolute Gasteiger partial charge is 0.481 e. The van der Waals surface area contributed by atoms with E-state index in [0.29, 0.717) is 10.6 Å². The lowest BCUT2D eigenvalue weighted by molar-refractivity contribution is -0.148. The molecule has 2 aromatic rings. The number of rotatable bonds is 4. The summed E-state index contributed by atoms with van der Waals surface area (Å²) in [5.41, 5.74) is -0.278. The Labute approximate surface area is 122 Å². The summed E-state index contributed by atoms with van der Waals surface area (Å²) in [6.07, 6.45) is -0.697. The molecule has 3 nitrogen and oxygen atoms in total. The van der Waals surface area contributed by atoms with Gasteiger partial charge in [0.1, 0.15) is 0 Å². The third kappa shape index (κ3) is 2.79. The quantitative estimate of drug-likeness (QED) is 0.894. The van der Waals surface area contributed by atoms with Crippen LogP contribution in [0.5, 0.6) is 0 Å². The third-order valence-electron chi connectivity index (χ3n) is 3.55. The van der Waals surface area contributed by atoms with Crippen LogP contribution in [0.2, 0.25) is 5.02 Å². The average Bonchev–Trinajstić information content (AvgIpc) is 2.38. The summed E-state index contributed by atoms with van der Waals surface area (Å²) in [6, 6.07) is 11.0. The minimum atomic E-state index is -0.986. The fraction of sp³-hybridized carbons (Fsp3) is 0.312. The predicted molar refractivity (Wildman–Crippen MR) is 80.0 cm³/mol. The second kappa shape index (κ2) is 5.43. The summed E-state index contributed by atoms with van der Waals surface area (Å²) in [6.45, 7) is 3.22. The van der Waals surface area contributed by atoms with Crippen molar-refractivity contribution in [3.05, 3.63) is 47.0 Å². The summed E-state index contributed by atoms with van der Waals surface area (Å²) in [4.78, 5) is 11.2. The van der Waals surface area contributed by atoms with Crippen molar-refractivity contribution in [3.63, 3.8) is 0 Å². The lowest BCUT2D eigenvalue weighted by atomic mass is 9.84. The van der Waals surface area contributed by atoms with Crippen molar-refractivity contribution in [3.8, 4) is 0 Å². The summed E-state index contributed by atoms with van der Waals surface area (Å²) < 4.78 is 0. The minimum absolute atomic E-state index is 0.147. The second-order valence-corrected chi connectivity index (χ2v) is 6.00. The smallest absolute Gasteiger partial charge is 0.309 e. The predicted octanol–water partition coefficient (Wildman–Crippen LogP) is 4.03. The van der Waals surface area contributed by atoms with Crippen LogP contribution in [0.1, 0.15) is 31.9 Å². The van der Waals surface area contributed by atoms with Gasteiger partial charge in [0, 0.05) is 10.4 Å². The Bertz CT molecular complexity index is 649. The first-order chi connectivity index (χ1) is 9.33. The van der Waals surface area contributed by atoms with Gasteiger partial charge >= 0.3 is 5.97 Å². The molecule has 0 amide bonds. The number of aliphatic hydroxyl groups is 1. The lowest BCUT2D eigenvalue weighted by Crippen LogP contribution is -2.26. The van der Waals surface area contributed by atoms with Crippen LogP contribution in [0, 0.1) is 5.41 Å². The molecule has 106 valence electrons. The molecule has 0 heterocycles. The molecule has 0 fully saturated rings. The van der Waals surface area contributed by atoms with E-state index in [4.69, 9.17) is 16.7 Å². The van der Waals surface area contributed by atoms with Gasteiger partial charge in [-0.15, -0.1) is 0 Å². The number of carboxylic acid groups (broad SMARTS) is 1. The molecule has 0 saturated carbocycles. The topological polar surface area (TPSA) is 57.5 Å². The van der Waals surface area contributed by atoms with Crippen LogP contribution in [0.3, 0.4) is 0 Å². The maximum absolute atomic E-state index is 11.2. The van der Waals surface area contributed by atoms with Crippen molar-refractivity contribution >= 4 is 28.3 Å². The van der Waals surface area contributed by atoms with Crippen LogP contribution in [0.25, 0.3) is 10.8 Å². The Morgan fingerprint density at radius 1 is 1.20 bits per heavy atom. The first-order valence-electron chi connectivity index (χ1n) is 6.41. The Morgan fingerprint density at radius 3 is 2.40 bits per heavy atom. The van der Waals surface area contributed by atoms with Crippen LogP contribution in [-0.2, 0) is 4.79 Å². The number of benzene rings is 2. The van der Waals surface area contributed by atoms with Crippen LogP contribution >= 0.6 is 11.6 Å². The fourth-order valence-electron chi connectivity index (χ4n) is 2.26. The number of aliphatic hydroxyl groups excluding tert-OH is 1. The average molecular weight is 293 g/mol. The number of hydrogen-bond acceptors (Lipinski definition) is 2. The zero-order chi connectivity index (χ0) is 14.9. The van der Waals surface area contributed by atoms with Crippen LogP contribution in [-0.4, -0.2) is 16.2 Å². The van der Waals surface area contributed by atoms with Gasteiger partial charge in [-0.05, 0) is 37.3 Å². The number of fused-ring (bicyclic) bond motifs is 1. The molecule has 0 aromatic heterocycles. The highest BCUT2D eigenvalue weighted by Crippen LogP contribution is 2.35. The van der Waals surface area contributed by atoms with E-state index < -0.39 is 17.5 Å². The minimum Gasteiger partial charge on any atom is -0.481 e. The van der Waals surface area contributed by atoms with Crippen molar-refractivity contribution in [2.75, 3.05) is 0 Å². The number of hydrogen-bond donors (Lipinski definition) is 2. The number of carbonyl (C=O) groups is 1. The first kappa shape index (κ1) is 14.8. The molecule has 4 heteroatoms. The molecule has 1 atom stereocenters. The molecule has 0 aliphatic heterocycles. The van der Waals surface area contributed by atoms with Crippen LogP contribution < -0.4 is 0 Å². The van der Waals surface area contributed by atoms with Gasteiger partial charge in [0.2, 0.25) is 0 Å². The Kier molecular flexibility index (Phi) is 4.02. The van der Waals surface area contributed by atoms with Crippen LogP contribution in [0.4, 0.5) is 0 Å². The van der Waals surface area contributed by atoms with Crippen LogP contribution in [0.15, 0.2) is 36.4 Å². The SMILES string of the molecule is CC(C)(CC(O)c1ccc(Cl)c2ccccc12)C(=O)O. The molecule has 0 spiro atoms. The molecule has 2 N–H and O–H groups in total. The molecular formula is C16H17ClO3. The molecule has 20 heavy (non-hydrogen) atoms. The van der Waals surface area contributed by atoms with E-state index in [1.165, 1.54) is 0 Å². The van der Waals surface area contributed by atoms with E-state index in [2.05, 4.69) is 0 Å². The van der Waals surface area contributed by atoms with Gasteiger partial charge in [0.05, 0.1) is 11.5 Å². The van der Waals surface area contributed by atoms with Gasteiger partial charge in [0.15, 0.2) is 0 Å². The number of aliphatic carboxylic acids is 1. The van der Waals surface area contributed by atoms with E-state index in [1.807, 2.05) is 24.3 Å². The number of carboxylic acids is 1. The van der Waals surface area contributed by atoms with E-state index in [1.54, 1.807) is 26.0 Å². The van der Waals surface area contributed by atoms with Crippen molar-refractivity contribution < 1.29 is 15.0 Å². The summed E-state index contributed by atoms with van der Waals surface area (Å²) >= 11 is 6.14. The molecule has 0 aliphatic carbocycles. The maximum Gasteiger partial charge on any atom is 0.309 e. The summed E-state index contributed by atoms with van der Waals surface area (Å²) in [7, 11) is 0. The fourth-order valence-corrected chi connectivity index (χ4v) is 2.48. The van der Waals surface area contributed by atoms with Gasteiger partial charge < -0.3 is 10.2 Å². The van der Waals surface area contributed by atoms with E-state index in [0.717, 1.165) is 10.8 Å². The molecule has 1 unspecified atom stereocenters. The van der Waals surface area contributed by atoms with Crippen molar-refractivity contribution in [1.29, 1.82) is 0 Å². The van der Waals surface area contributed by atoms with E-state index >= 15 is 0 Å². The maximum atomic E-state index is 11.2. The normalized spacial score (nSPS) is 13.4. The highest BCUT2D eigenvalue weighted by molar-refractivity contribution is 6.35. The Morgan fingerprint density at radius 2 is 1.80 bits per heavy atom. The molecule has 0 bridgehead atoms. The second-order valence-electron chi connectivity index (χ2n) is 5.59. The van der Waals surface area contributed by atoms with Gasteiger partial charge in [0.25, 0.3) is 0 Å². The molecule has 0 radical (unpaired) electrons. The standard InChI is InChI=1S/C16H17ClO3/c1-16(2,15(19)20)9-14(18)12-7-8-13(17)11-6-4-3-5-10(11)12/h3-8,14,18H,9H2,1-2H3,(H,19,20). The van der Waals surface area contributed by atoms with E-state index in [9.17, 15) is 9.90 Å². The zero-order valence-corrected chi connectivity index (χ0v) is 12.2. The lowest BCUT2D eigenvalue weighted by Gasteiger charge is -2.23. The summed E-state index contributed by atoms with van der Waals surface area (Å²) in [5.74, 6) is -0.921. The van der Waals surface area contributed by atoms with Crippen molar-refractivity contribution in [2.24, 2.45) is 5.41 Å². The van der Waals surface area contributed by atoms with Crippen molar-refractivity contribution in [2.45, 2.75) is 26.4 Å². The van der Waals surface area contributed by atoms with Gasteiger partial charge in [-0.2, -0.15) is 0 Å². The van der Waals surface area contributed by atoms with E-state index in [-0.39, 0.29) is 6.42 Å². The molecule has 2 aromatic carbocycles. The molecule has 0 saturated heterocycles. The third-order valence-corrected chi connectivity index (χ3v) is 3.88. The highest BCUT2D eigenvalue weighted by atomic mass is 35.5.